The number of benzene rings is 1. The third-order valence-electron chi connectivity index (χ3n) is 2.20. The maximum Gasteiger partial charge on any atom is 0.338 e. The Labute approximate surface area is 104 Å². The van der Waals surface area contributed by atoms with Crippen LogP contribution in [0.2, 0.25) is 5.02 Å². The summed E-state index contributed by atoms with van der Waals surface area (Å²) in [5.74, 6) is -0.359. The monoisotopic (exact) mass is 247 g/mol. The number of carbonyl (C=O) groups is 1. The molecule has 4 heteroatoms. The molecule has 2 aromatic rings. The zero-order valence-electron chi connectivity index (χ0n) is 8.97. The molecular weight excluding hydrogens is 238 g/mol. The van der Waals surface area contributed by atoms with Gasteiger partial charge in [0.05, 0.1) is 5.56 Å². The number of halogens is 1. The van der Waals surface area contributed by atoms with Gasteiger partial charge in [-0.15, -0.1) is 0 Å². The van der Waals surface area contributed by atoms with Gasteiger partial charge in [0, 0.05) is 17.4 Å². The second-order valence-corrected chi connectivity index (χ2v) is 3.87. The minimum Gasteiger partial charge on any atom is -0.457 e. The molecule has 0 atom stereocenters. The Morgan fingerprint density at radius 3 is 2.41 bits per heavy atom. The molecular formula is C13H10ClNO2. The molecule has 3 nitrogen and oxygen atoms in total. The van der Waals surface area contributed by atoms with Crippen molar-refractivity contribution in [1.29, 1.82) is 0 Å². The molecule has 0 radical (unpaired) electrons. The first-order valence-corrected chi connectivity index (χ1v) is 5.45. The van der Waals surface area contributed by atoms with Crippen LogP contribution in [0.25, 0.3) is 0 Å². The van der Waals surface area contributed by atoms with Crippen LogP contribution in [0.3, 0.4) is 0 Å². The van der Waals surface area contributed by atoms with Crippen molar-refractivity contribution in [3.8, 4) is 0 Å². The van der Waals surface area contributed by atoms with E-state index in [2.05, 4.69) is 4.98 Å². The lowest BCUT2D eigenvalue weighted by molar-refractivity contribution is 0.0472. The summed E-state index contributed by atoms with van der Waals surface area (Å²) < 4.78 is 5.14. The van der Waals surface area contributed by atoms with E-state index in [1.807, 2.05) is 12.1 Å². The van der Waals surface area contributed by atoms with Crippen LogP contribution < -0.4 is 0 Å². The molecule has 17 heavy (non-hydrogen) atoms. The molecule has 86 valence electrons. The van der Waals surface area contributed by atoms with Gasteiger partial charge in [-0.25, -0.2) is 4.79 Å². The summed E-state index contributed by atoms with van der Waals surface area (Å²) in [5.41, 5.74) is 1.39. The van der Waals surface area contributed by atoms with Gasteiger partial charge in [-0.1, -0.05) is 23.7 Å². The minimum atomic E-state index is -0.359. The number of nitrogens with zero attached hydrogens (tertiary/aromatic N) is 1. The SMILES string of the molecule is O=C(OCc1ccc(Cl)cc1)c1ccncc1. The van der Waals surface area contributed by atoms with Crippen molar-refractivity contribution < 1.29 is 9.53 Å². The van der Waals surface area contributed by atoms with E-state index < -0.39 is 0 Å². The fourth-order valence-electron chi connectivity index (χ4n) is 1.30. The largest absolute Gasteiger partial charge is 0.457 e. The first kappa shape index (κ1) is 11.6. The maximum atomic E-state index is 11.6. The molecule has 0 unspecified atom stereocenters. The third-order valence-corrected chi connectivity index (χ3v) is 2.45. The average molecular weight is 248 g/mol. The number of hydrogen-bond donors (Lipinski definition) is 0. The normalized spacial score (nSPS) is 9.94. The van der Waals surface area contributed by atoms with E-state index in [1.165, 1.54) is 0 Å². The van der Waals surface area contributed by atoms with E-state index in [0.717, 1.165) is 5.56 Å². The van der Waals surface area contributed by atoms with E-state index in [-0.39, 0.29) is 12.6 Å². The summed E-state index contributed by atoms with van der Waals surface area (Å²) in [6.07, 6.45) is 3.11. The lowest BCUT2D eigenvalue weighted by Gasteiger charge is -2.04. The Morgan fingerprint density at radius 2 is 1.76 bits per heavy atom. The Kier molecular flexibility index (Phi) is 3.73. The number of aromatic nitrogens is 1. The zero-order valence-corrected chi connectivity index (χ0v) is 9.72. The zero-order chi connectivity index (χ0) is 12.1. The molecule has 0 fully saturated rings. The molecule has 0 amide bonds. The van der Waals surface area contributed by atoms with Crippen LogP contribution in [0.5, 0.6) is 0 Å². The summed E-state index contributed by atoms with van der Waals surface area (Å²) in [5, 5.41) is 0.661. The molecule has 0 N–H and O–H groups in total. The van der Waals surface area contributed by atoms with Crippen LogP contribution in [0, 0.1) is 0 Å². The Hall–Kier alpha value is -1.87. The van der Waals surface area contributed by atoms with Crippen LogP contribution >= 0.6 is 11.6 Å². The molecule has 0 saturated carbocycles. The molecule has 0 bridgehead atoms. The molecule has 0 aliphatic carbocycles. The highest BCUT2D eigenvalue weighted by Gasteiger charge is 2.06. The number of ether oxygens (including phenoxy) is 1. The lowest BCUT2D eigenvalue weighted by atomic mass is 10.2. The lowest BCUT2D eigenvalue weighted by Crippen LogP contribution is -2.05. The van der Waals surface area contributed by atoms with E-state index in [1.54, 1.807) is 36.7 Å². The van der Waals surface area contributed by atoms with Crippen molar-refractivity contribution in [2.24, 2.45) is 0 Å². The molecule has 1 heterocycles. The van der Waals surface area contributed by atoms with Crippen molar-refractivity contribution in [2.75, 3.05) is 0 Å². The number of hydrogen-bond acceptors (Lipinski definition) is 3. The van der Waals surface area contributed by atoms with E-state index in [0.29, 0.717) is 10.6 Å². The van der Waals surface area contributed by atoms with Gasteiger partial charge < -0.3 is 4.74 Å². The number of esters is 1. The minimum absolute atomic E-state index is 0.234. The molecule has 0 aliphatic heterocycles. The van der Waals surface area contributed by atoms with Crippen molar-refractivity contribution in [1.82, 2.24) is 4.98 Å². The number of rotatable bonds is 3. The second-order valence-electron chi connectivity index (χ2n) is 3.44. The van der Waals surface area contributed by atoms with Gasteiger partial charge in [-0.2, -0.15) is 0 Å². The number of carbonyl (C=O) groups excluding carboxylic acids is 1. The van der Waals surface area contributed by atoms with Crippen molar-refractivity contribution >= 4 is 17.6 Å². The molecule has 2 rings (SSSR count). The standard InChI is InChI=1S/C13H10ClNO2/c14-12-3-1-10(2-4-12)9-17-13(16)11-5-7-15-8-6-11/h1-8H,9H2. The topological polar surface area (TPSA) is 39.2 Å². The van der Waals surface area contributed by atoms with Gasteiger partial charge in [-0.05, 0) is 29.8 Å². The van der Waals surface area contributed by atoms with Crippen LogP contribution in [0.15, 0.2) is 48.8 Å². The van der Waals surface area contributed by atoms with Gasteiger partial charge in [-0.3, -0.25) is 4.98 Å². The van der Waals surface area contributed by atoms with Crippen molar-refractivity contribution in [2.45, 2.75) is 6.61 Å². The predicted molar refractivity (Wildman–Crippen MR) is 64.8 cm³/mol. The van der Waals surface area contributed by atoms with Gasteiger partial charge >= 0.3 is 5.97 Å². The average Bonchev–Trinajstić information content (AvgIpc) is 2.39. The fraction of sp³-hybridized carbons (Fsp3) is 0.0769. The summed E-state index contributed by atoms with van der Waals surface area (Å²) in [6.45, 7) is 0.234. The van der Waals surface area contributed by atoms with Crippen molar-refractivity contribution in [3.05, 3.63) is 64.9 Å². The maximum absolute atomic E-state index is 11.6. The van der Waals surface area contributed by atoms with E-state index in [9.17, 15) is 4.79 Å². The van der Waals surface area contributed by atoms with Crippen LogP contribution in [0.1, 0.15) is 15.9 Å². The van der Waals surface area contributed by atoms with E-state index >= 15 is 0 Å². The molecule has 0 spiro atoms. The second kappa shape index (κ2) is 5.46. The highest BCUT2D eigenvalue weighted by atomic mass is 35.5. The summed E-state index contributed by atoms with van der Waals surface area (Å²) in [6, 6.07) is 10.4. The van der Waals surface area contributed by atoms with Crippen molar-refractivity contribution in [3.63, 3.8) is 0 Å². The molecule has 1 aromatic heterocycles. The summed E-state index contributed by atoms with van der Waals surface area (Å²) in [7, 11) is 0. The predicted octanol–water partition coefficient (Wildman–Crippen LogP) is 3.09. The van der Waals surface area contributed by atoms with Gasteiger partial charge in [0.1, 0.15) is 6.61 Å². The fourth-order valence-corrected chi connectivity index (χ4v) is 1.43. The Bertz CT molecular complexity index is 497. The summed E-state index contributed by atoms with van der Waals surface area (Å²) >= 11 is 5.76. The Balaban J connectivity index is 1.95. The first-order valence-electron chi connectivity index (χ1n) is 5.07. The van der Waals surface area contributed by atoms with Gasteiger partial charge in [0.25, 0.3) is 0 Å². The summed E-state index contributed by atoms with van der Waals surface area (Å²) in [4.78, 5) is 15.4. The molecule has 0 saturated heterocycles. The number of pyridine rings is 1. The third kappa shape index (κ3) is 3.29. The first-order chi connectivity index (χ1) is 8.25. The van der Waals surface area contributed by atoms with Crippen LogP contribution in [-0.2, 0) is 11.3 Å². The smallest absolute Gasteiger partial charge is 0.338 e. The quantitative estimate of drug-likeness (QED) is 0.783. The van der Waals surface area contributed by atoms with Crippen LogP contribution in [-0.4, -0.2) is 11.0 Å². The molecule has 0 aliphatic rings. The Morgan fingerprint density at radius 1 is 1.12 bits per heavy atom. The van der Waals surface area contributed by atoms with Gasteiger partial charge in [0.15, 0.2) is 0 Å². The highest BCUT2D eigenvalue weighted by molar-refractivity contribution is 6.30. The van der Waals surface area contributed by atoms with Gasteiger partial charge in [0.2, 0.25) is 0 Å². The molecule has 1 aromatic carbocycles. The van der Waals surface area contributed by atoms with Crippen LogP contribution in [0.4, 0.5) is 0 Å². The highest BCUT2D eigenvalue weighted by Crippen LogP contribution is 2.11. The van der Waals surface area contributed by atoms with E-state index in [4.69, 9.17) is 16.3 Å².